The van der Waals surface area contributed by atoms with Gasteiger partial charge in [-0.05, 0) is 60.5 Å². The number of amides is 1. The number of carbonyl (C=O) groups excluding carboxylic acids is 2. The minimum absolute atomic E-state index is 0.0242. The average Bonchev–Trinajstić information content (AvgIpc) is 3.63. The molecular weight excluding hydrogens is 538 g/mol. The Kier molecular flexibility index (Phi) is 7.55. The first-order valence-electron chi connectivity index (χ1n) is 13.7. The van der Waals surface area contributed by atoms with Crippen LogP contribution in [-0.4, -0.2) is 41.5 Å². The molecule has 2 aliphatic heterocycles. The van der Waals surface area contributed by atoms with Gasteiger partial charge in [0.1, 0.15) is 31.3 Å². The number of carbonyl (C=O) groups is 2. The molecule has 2 aliphatic rings. The van der Waals surface area contributed by atoms with Crippen LogP contribution in [0.2, 0.25) is 0 Å². The predicted molar refractivity (Wildman–Crippen MR) is 152 cm³/mol. The molecule has 1 saturated heterocycles. The van der Waals surface area contributed by atoms with Crippen LogP contribution < -0.4 is 18.9 Å². The van der Waals surface area contributed by atoms with Crippen LogP contribution in [0.1, 0.15) is 35.4 Å². The van der Waals surface area contributed by atoms with Crippen LogP contribution in [0.5, 0.6) is 23.0 Å². The third kappa shape index (κ3) is 5.28. The number of furan rings is 1. The minimum atomic E-state index is -0.925. The van der Waals surface area contributed by atoms with E-state index in [1.165, 1.54) is 11.2 Å². The zero-order valence-electron chi connectivity index (χ0n) is 22.9. The van der Waals surface area contributed by atoms with E-state index < -0.39 is 17.7 Å². The van der Waals surface area contributed by atoms with Gasteiger partial charge >= 0.3 is 0 Å². The van der Waals surface area contributed by atoms with Crippen LogP contribution in [0.25, 0.3) is 5.76 Å². The van der Waals surface area contributed by atoms with Gasteiger partial charge in [-0.2, -0.15) is 0 Å². The SMILES string of the molecule is CCOc1cc(C2C(=C(O)c3ccc4c(c3)OCCO4)C(=O)C(=O)N2Cc2ccco2)ccc1OCc1ccccc1. The Bertz CT molecular complexity index is 1630. The number of nitrogens with zero attached hydrogens (tertiary/aromatic N) is 1. The Hall–Kier alpha value is -5.18. The Morgan fingerprint density at radius 2 is 1.71 bits per heavy atom. The van der Waals surface area contributed by atoms with Crippen molar-refractivity contribution >= 4 is 17.4 Å². The number of aliphatic hydroxyl groups is 1. The summed E-state index contributed by atoms with van der Waals surface area (Å²) in [4.78, 5) is 28.3. The van der Waals surface area contributed by atoms with Gasteiger partial charge in [-0.3, -0.25) is 9.59 Å². The van der Waals surface area contributed by atoms with Gasteiger partial charge < -0.3 is 33.4 Å². The molecule has 1 unspecified atom stereocenters. The molecule has 1 aromatic heterocycles. The molecule has 1 atom stereocenters. The maximum Gasteiger partial charge on any atom is 0.296 e. The van der Waals surface area contributed by atoms with Crippen LogP contribution in [0.3, 0.4) is 0 Å². The van der Waals surface area contributed by atoms with Gasteiger partial charge in [0, 0.05) is 5.56 Å². The fourth-order valence-corrected chi connectivity index (χ4v) is 5.12. The smallest absolute Gasteiger partial charge is 0.296 e. The summed E-state index contributed by atoms with van der Waals surface area (Å²) in [6.45, 7) is 3.37. The van der Waals surface area contributed by atoms with E-state index in [1.807, 2.05) is 37.3 Å². The van der Waals surface area contributed by atoms with Crippen LogP contribution >= 0.6 is 0 Å². The van der Waals surface area contributed by atoms with Gasteiger partial charge in [0.15, 0.2) is 23.0 Å². The third-order valence-electron chi connectivity index (χ3n) is 7.08. The second-order valence-electron chi connectivity index (χ2n) is 9.78. The number of likely N-dealkylation sites (tertiary alicyclic amines) is 1. The van der Waals surface area contributed by atoms with E-state index in [9.17, 15) is 14.7 Å². The molecule has 9 heteroatoms. The standard InChI is InChI=1S/C33H29NO8/c1-2-38-27-17-22(10-12-26(27)42-20-21-7-4-3-5-8-21)30-29(32(36)33(37)34(30)19-24-9-6-14-39-24)31(35)23-11-13-25-28(18-23)41-16-15-40-25/h3-14,17-18,30,35H,2,15-16,19-20H2,1H3. The summed E-state index contributed by atoms with van der Waals surface area (Å²) in [6, 6.07) is 22.4. The highest BCUT2D eigenvalue weighted by Crippen LogP contribution is 2.44. The highest BCUT2D eigenvalue weighted by atomic mass is 16.6. The van der Waals surface area contributed by atoms with Gasteiger partial charge in [-0.15, -0.1) is 0 Å². The Labute approximate surface area is 242 Å². The Morgan fingerprint density at radius 1 is 0.905 bits per heavy atom. The van der Waals surface area contributed by atoms with Crippen molar-refractivity contribution in [2.24, 2.45) is 0 Å². The minimum Gasteiger partial charge on any atom is -0.507 e. The van der Waals surface area contributed by atoms with Crippen molar-refractivity contribution in [2.75, 3.05) is 19.8 Å². The second kappa shape index (κ2) is 11.7. The third-order valence-corrected chi connectivity index (χ3v) is 7.08. The summed E-state index contributed by atoms with van der Waals surface area (Å²) in [7, 11) is 0. The van der Waals surface area contributed by atoms with Crippen molar-refractivity contribution in [2.45, 2.75) is 26.1 Å². The molecule has 0 saturated carbocycles. The van der Waals surface area contributed by atoms with Crippen molar-refractivity contribution in [1.82, 2.24) is 4.90 Å². The number of rotatable bonds is 9. The lowest BCUT2D eigenvalue weighted by Crippen LogP contribution is -2.29. The van der Waals surface area contributed by atoms with E-state index >= 15 is 0 Å². The van der Waals surface area contributed by atoms with E-state index in [1.54, 1.807) is 48.5 Å². The van der Waals surface area contributed by atoms with Crippen LogP contribution in [0.4, 0.5) is 0 Å². The molecule has 214 valence electrons. The molecule has 9 nitrogen and oxygen atoms in total. The molecule has 0 radical (unpaired) electrons. The van der Waals surface area contributed by atoms with E-state index in [2.05, 4.69) is 0 Å². The molecular formula is C33H29NO8. The fraction of sp³-hybridized carbons (Fsp3) is 0.212. The molecule has 42 heavy (non-hydrogen) atoms. The Balaban J connectivity index is 1.42. The topological polar surface area (TPSA) is 108 Å². The zero-order valence-corrected chi connectivity index (χ0v) is 22.9. The molecule has 3 aromatic carbocycles. The molecule has 0 spiro atoms. The monoisotopic (exact) mass is 567 g/mol. The summed E-state index contributed by atoms with van der Waals surface area (Å²) in [6.07, 6.45) is 1.50. The van der Waals surface area contributed by atoms with Gasteiger partial charge in [0.25, 0.3) is 11.7 Å². The molecule has 1 N–H and O–H groups in total. The number of fused-ring (bicyclic) bond motifs is 1. The molecule has 0 aliphatic carbocycles. The van der Waals surface area contributed by atoms with Crippen LogP contribution in [0, 0.1) is 0 Å². The average molecular weight is 568 g/mol. The van der Waals surface area contributed by atoms with Gasteiger partial charge in [0.2, 0.25) is 0 Å². The van der Waals surface area contributed by atoms with E-state index in [4.69, 9.17) is 23.4 Å². The van der Waals surface area contributed by atoms with Crippen molar-refractivity contribution in [3.8, 4) is 23.0 Å². The van der Waals surface area contributed by atoms with Gasteiger partial charge in [0.05, 0.1) is 31.0 Å². The number of ether oxygens (including phenoxy) is 4. The molecule has 6 rings (SSSR count). The predicted octanol–water partition coefficient (Wildman–Crippen LogP) is 5.65. The van der Waals surface area contributed by atoms with E-state index in [0.717, 1.165) is 5.56 Å². The summed E-state index contributed by atoms with van der Waals surface area (Å²) in [5, 5.41) is 11.5. The summed E-state index contributed by atoms with van der Waals surface area (Å²) >= 11 is 0. The summed E-state index contributed by atoms with van der Waals surface area (Å²) in [5.74, 6) is 0.575. The maximum atomic E-state index is 13.5. The van der Waals surface area contributed by atoms with Gasteiger partial charge in [-0.25, -0.2) is 0 Å². The number of hydrogen-bond acceptors (Lipinski definition) is 8. The highest BCUT2D eigenvalue weighted by Gasteiger charge is 2.46. The van der Waals surface area contributed by atoms with E-state index in [0.29, 0.717) is 66.3 Å². The van der Waals surface area contributed by atoms with Crippen molar-refractivity contribution < 1.29 is 38.1 Å². The molecule has 1 amide bonds. The maximum absolute atomic E-state index is 13.5. The Morgan fingerprint density at radius 3 is 2.48 bits per heavy atom. The molecule has 1 fully saturated rings. The first-order valence-corrected chi connectivity index (χ1v) is 13.7. The van der Waals surface area contributed by atoms with E-state index in [-0.39, 0.29) is 17.9 Å². The number of hydrogen-bond donors (Lipinski definition) is 1. The lowest BCUT2D eigenvalue weighted by molar-refractivity contribution is -0.140. The molecule has 0 bridgehead atoms. The number of benzene rings is 3. The quantitative estimate of drug-likeness (QED) is 0.157. The number of ketones is 1. The van der Waals surface area contributed by atoms with Crippen molar-refractivity contribution in [1.29, 1.82) is 0 Å². The van der Waals surface area contributed by atoms with Crippen molar-refractivity contribution in [3.63, 3.8) is 0 Å². The zero-order chi connectivity index (χ0) is 29.1. The number of aliphatic hydroxyl groups excluding tert-OH is 1. The summed E-state index contributed by atoms with van der Waals surface area (Å²) in [5.41, 5.74) is 1.84. The van der Waals surface area contributed by atoms with Crippen LogP contribution in [-0.2, 0) is 22.7 Å². The molecule has 4 aromatic rings. The summed E-state index contributed by atoms with van der Waals surface area (Å²) < 4.78 is 28.8. The first-order chi connectivity index (χ1) is 20.5. The normalized spacial score (nSPS) is 17.4. The fourth-order valence-electron chi connectivity index (χ4n) is 5.12. The lowest BCUT2D eigenvalue weighted by atomic mass is 9.94. The second-order valence-corrected chi connectivity index (χ2v) is 9.78. The highest BCUT2D eigenvalue weighted by molar-refractivity contribution is 6.46. The number of Topliss-reactive ketones (excluding diaryl/α,β-unsaturated/α-hetero) is 1. The van der Waals surface area contributed by atoms with Crippen LogP contribution in [0.15, 0.2) is 95.1 Å². The van der Waals surface area contributed by atoms with Gasteiger partial charge in [-0.1, -0.05) is 36.4 Å². The first kappa shape index (κ1) is 27.0. The lowest BCUT2D eigenvalue weighted by Gasteiger charge is -2.25. The van der Waals surface area contributed by atoms with Crippen molar-refractivity contribution in [3.05, 3.63) is 113 Å². The molecule has 3 heterocycles. The largest absolute Gasteiger partial charge is 0.507 e.